The van der Waals surface area contributed by atoms with Gasteiger partial charge >= 0.3 is 0 Å². The molecule has 0 aliphatic heterocycles. The molecule has 0 saturated heterocycles. The van der Waals surface area contributed by atoms with Gasteiger partial charge in [0.15, 0.2) is 11.7 Å². The fraction of sp³-hybridized carbons (Fsp3) is 0.474. The van der Waals surface area contributed by atoms with Gasteiger partial charge in [-0.15, -0.1) is 0 Å². The highest BCUT2D eigenvalue weighted by molar-refractivity contribution is 5.79. The zero-order chi connectivity index (χ0) is 17.4. The molecule has 1 aromatic heterocycles. The van der Waals surface area contributed by atoms with E-state index < -0.39 is 0 Å². The summed E-state index contributed by atoms with van der Waals surface area (Å²) >= 11 is 0. The molecule has 2 rings (SSSR count). The molecule has 2 aromatic rings. The predicted octanol–water partition coefficient (Wildman–Crippen LogP) is 3.40. The van der Waals surface area contributed by atoms with E-state index in [0.717, 1.165) is 36.9 Å². The van der Waals surface area contributed by atoms with E-state index in [1.807, 2.05) is 6.07 Å². The van der Waals surface area contributed by atoms with Crippen molar-refractivity contribution < 1.29 is 4.52 Å². The van der Waals surface area contributed by atoms with E-state index in [1.54, 1.807) is 0 Å². The van der Waals surface area contributed by atoms with Gasteiger partial charge in [0.05, 0.1) is 5.69 Å². The molecular formula is C19H28N4O. The predicted molar refractivity (Wildman–Crippen MR) is 98.3 cm³/mol. The number of hydrogen-bond donors (Lipinski definition) is 2. The lowest BCUT2D eigenvalue weighted by atomic mass is 9.99. The van der Waals surface area contributed by atoms with Crippen LogP contribution in [-0.4, -0.2) is 24.2 Å². The SMILES string of the molecule is CCNC(=NCc1cc(CC)no1)NCC(C)c1cccc(C)c1. The smallest absolute Gasteiger partial charge is 0.191 e. The van der Waals surface area contributed by atoms with Crippen molar-refractivity contribution in [3.63, 3.8) is 0 Å². The second kappa shape index (κ2) is 9.11. The second-order valence-corrected chi connectivity index (χ2v) is 6.03. The second-order valence-electron chi connectivity index (χ2n) is 6.03. The molecule has 24 heavy (non-hydrogen) atoms. The first kappa shape index (κ1) is 18.0. The molecule has 130 valence electrons. The number of rotatable bonds is 7. The quantitative estimate of drug-likeness (QED) is 0.604. The van der Waals surface area contributed by atoms with Crippen molar-refractivity contribution >= 4 is 5.96 Å². The molecule has 0 amide bonds. The molecule has 5 nitrogen and oxygen atoms in total. The van der Waals surface area contributed by atoms with Crippen LogP contribution in [0.15, 0.2) is 39.8 Å². The van der Waals surface area contributed by atoms with Crippen LogP contribution in [0.5, 0.6) is 0 Å². The molecule has 2 N–H and O–H groups in total. The van der Waals surface area contributed by atoms with Crippen LogP contribution in [0.25, 0.3) is 0 Å². The zero-order valence-corrected chi connectivity index (χ0v) is 15.1. The van der Waals surface area contributed by atoms with Gasteiger partial charge in [-0.1, -0.05) is 48.8 Å². The Morgan fingerprint density at radius 3 is 2.75 bits per heavy atom. The average Bonchev–Trinajstić information content (AvgIpc) is 3.05. The maximum atomic E-state index is 5.28. The minimum atomic E-state index is 0.408. The summed E-state index contributed by atoms with van der Waals surface area (Å²) in [4.78, 5) is 4.58. The largest absolute Gasteiger partial charge is 0.359 e. The molecule has 0 radical (unpaired) electrons. The molecule has 0 aliphatic carbocycles. The van der Waals surface area contributed by atoms with Gasteiger partial charge in [-0.3, -0.25) is 0 Å². The third-order valence-electron chi connectivity index (χ3n) is 3.89. The van der Waals surface area contributed by atoms with E-state index in [1.165, 1.54) is 11.1 Å². The number of guanidine groups is 1. The summed E-state index contributed by atoms with van der Waals surface area (Å²) in [5.74, 6) is 1.99. The molecule has 1 aromatic carbocycles. The lowest BCUT2D eigenvalue weighted by Gasteiger charge is -2.16. The zero-order valence-electron chi connectivity index (χ0n) is 15.1. The Labute approximate surface area is 144 Å². The fourth-order valence-corrected chi connectivity index (χ4v) is 2.44. The van der Waals surface area contributed by atoms with Crippen molar-refractivity contribution in [2.45, 2.75) is 46.6 Å². The number of nitrogens with zero attached hydrogens (tertiary/aromatic N) is 2. The molecule has 1 unspecified atom stereocenters. The van der Waals surface area contributed by atoms with Crippen molar-refractivity contribution in [2.24, 2.45) is 4.99 Å². The van der Waals surface area contributed by atoms with Gasteiger partial charge in [0.1, 0.15) is 6.54 Å². The Hall–Kier alpha value is -2.30. The average molecular weight is 328 g/mol. The van der Waals surface area contributed by atoms with Crippen LogP contribution in [0.4, 0.5) is 0 Å². The van der Waals surface area contributed by atoms with Gasteiger partial charge in [-0.2, -0.15) is 0 Å². The third-order valence-corrected chi connectivity index (χ3v) is 3.89. The topological polar surface area (TPSA) is 62.5 Å². The van der Waals surface area contributed by atoms with E-state index in [2.05, 4.69) is 72.7 Å². The van der Waals surface area contributed by atoms with Crippen LogP contribution in [0.2, 0.25) is 0 Å². The van der Waals surface area contributed by atoms with Crippen molar-refractivity contribution in [3.05, 3.63) is 52.9 Å². The number of hydrogen-bond acceptors (Lipinski definition) is 3. The molecule has 5 heteroatoms. The normalized spacial score (nSPS) is 12.9. The third kappa shape index (κ3) is 5.41. The Kier molecular flexibility index (Phi) is 6.85. The number of benzene rings is 1. The van der Waals surface area contributed by atoms with Crippen LogP contribution in [-0.2, 0) is 13.0 Å². The molecular weight excluding hydrogens is 300 g/mol. The Balaban J connectivity index is 1.93. The molecule has 0 fully saturated rings. The molecule has 0 aliphatic rings. The molecule has 0 bridgehead atoms. The van der Waals surface area contributed by atoms with Gasteiger partial charge in [-0.05, 0) is 31.7 Å². The van der Waals surface area contributed by atoms with E-state index in [4.69, 9.17) is 4.52 Å². The van der Waals surface area contributed by atoms with Gasteiger partial charge < -0.3 is 15.2 Å². The van der Waals surface area contributed by atoms with Crippen LogP contribution < -0.4 is 10.6 Å². The number of aryl methyl sites for hydroxylation is 2. The molecule has 1 heterocycles. The minimum Gasteiger partial charge on any atom is -0.359 e. The van der Waals surface area contributed by atoms with Crippen LogP contribution in [0, 0.1) is 6.92 Å². The highest BCUT2D eigenvalue weighted by Crippen LogP contribution is 2.15. The minimum absolute atomic E-state index is 0.408. The highest BCUT2D eigenvalue weighted by Gasteiger charge is 2.07. The summed E-state index contributed by atoms with van der Waals surface area (Å²) in [7, 11) is 0. The lowest BCUT2D eigenvalue weighted by molar-refractivity contribution is 0.379. The standard InChI is InChI=1S/C19H28N4O/c1-5-17-11-18(24-23-17)13-22-19(20-6-2)21-12-15(4)16-9-7-8-14(3)10-16/h7-11,15H,5-6,12-13H2,1-4H3,(H2,20,21,22). The summed E-state index contributed by atoms with van der Waals surface area (Å²) in [6.45, 7) is 10.6. The summed E-state index contributed by atoms with van der Waals surface area (Å²) in [6, 6.07) is 10.6. The summed E-state index contributed by atoms with van der Waals surface area (Å²) in [5.41, 5.74) is 3.59. The van der Waals surface area contributed by atoms with Crippen LogP contribution in [0.3, 0.4) is 0 Å². The van der Waals surface area contributed by atoms with E-state index in [-0.39, 0.29) is 0 Å². The first-order chi connectivity index (χ1) is 11.6. The number of aliphatic imine (C=N–C) groups is 1. The molecule has 0 saturated carbocycles. The number of nitrogens with one attached hydrogen (secondary N) is 2. The van der Waals surface area contributed by atoms with Crippen molar-refractivity contribution in [1.29, 1.82) is 0 Å². The van der Waals surface area contributed by atoms with Gasteiger partial charge in [0.2, 0.25) is 0 Å². The number of aromatic nitrogens is 1. The maximum Gasteiger partial charge on any atom is 0.191 e. The van der Waals surface area contributed by atoms with Crippen LogP contribution in [0.1, 0.15) is 49.3 Å². The summed E-state index contributed by atoms with van der Waals surface area (Å²) < 4.78 is 5.28. The first-order valence-corrected chi connectivity index (χ1v) is 8.65. The van der Waals surface area contributed by atoms with Crippen molar-refractivity contribution in [3.8, 4) is 0 Å². The monoisotopic (exact) mass is 328 g/mol. The fourth-order valence-electron chi connectivity index (χ4n) is 2.44. The van der Waals surface area contributed by atoms with Crippen molar-refractivity contribution in [2.75, 3.05) is 13.1 Å². The molecule has 1 atom stereocenters. The van der Waals surface area contributed by atoms with Gasteiger partial charge in [0.25, 0.3) is 0 Å². The Bertz CT molecular complexity index is 663. The van der Waals surface area contributed by atoms with Gasteiger partial charge in [0, 0.05) is 19.2 Å². The molecule has 0 spiro atoms. The summed E-state index contributed by atoms with van der Waals surface area (Å²) in [6.07, 6.45) is 0.875. The lowest BCUT2D eigenvalue weighted by Crippen LogP contribution is -2.39. The Morgan fingerprint density at radius 1 is 1.25 bits per heavy atom. The first-order valence-electron chi connectivity index (χ1n) is 8.65. The van der Waals surface area contributed by atoms with Crippen LogP contribution >= 0.6 is 0 Å². The highest BCUT2D eigenvalue weighted by atomic mass is 16.5. The summed E-state index contributed by atoms with van der Waals surface area (Å²) in [5, 5.41) is 10.7. The maximum absolute atomic E-state index is 5.28. The van der Waals surface area contributed by atoms with Gasteiger partial charge in [-0.25, -0.2) is 4.99 Å². The van der Waals surface area contributed by atoms with Crippen molar-refractivity contribution in [1.82, 2.24) is 15.8 Å². The van der Waals surface area contributed by atoms with E-state index >= 15 is 0 Å². The van der Waals surface area contributed by atoms with E-state index in [0.29, 0.717) is 12.5 Å². The van der Waals surface area contributed by atoms with E-state index in [9.17, 15) is 0 Å². The Morgan fingerprint density at radius 2 is 2.08 bits per heavy atom.